The van der Waals surface area contributed by atoms with E-state index < -0.39 is 5.97 Å². The minimum absolute atomic E-state index is 0.335. The first-order valence-electron chi connectivity index (χ1n) is 9.23. The summed E-state index contributed by atoms with van der Waals surface area (Å²) in [4.78, 5) is 24.7. The van der Waals surface area contributed by atoms with Crippen molar-refractivity contribution in [2.45, 2.75) is 33.7 Å². The number of ether oxygens (including phenoxy) is 1. The average Bonchev–Trinajstić information content (AvgIpc) is 3.30. The highest BCUT2D eigenvalue weighted by molar-refractivity contribution is 5.96. The van der Waals surface area contributed by atoms with Gasteiger partial charge in [0.25, 0.3) is 5.91 Å². The van der Waals surface area contributed by atoms with E-state index >= 15 is 0 Å². The molecule has 1 aromatic carbocycles. The summed E-state index contributed by atoms with van der Waals surface area (Å²) in [7, 11) is 0. The maximum atomic E-state index is 12.5. The standard InChI is InChI=1S/C22H24N2O4/c1-4-17-8-5-6-10-20(17)23-21(25)14-28-22(26)19-12-15(2)24(16(19)3)13-18-9-7-11-27-18/h5-12H,4,13-14H2,1-3H3,(H,23,25). The molecule has 146 valence electrons. The number of carbonyl (C=O) groups is 2. The van der Waals surface area contributed by atoms with E-state index in [2.05, 4.69) is 5.32 Å². The fourth-order valence-corrected chi connectivity index (χ4v) is 3.16. The summed E-state index contributed by atoms with van der Waals surface area (Å²) in [6.07, 6.45) is 2.42. The van der Waals surface area contributed by atoms with Gasteiger partial charge in [-0.25, -0.2) is 4.79 Å². The first-order chi connectivity index (χ1) is 13.5. The molecule has 0 aliphatic heterocycles. The van der Waals surface area contributed by atoms with Crippen molar-refractivity contribution in [3.63, 3.8) is 0 Å². The molecule has 0 bridgehead atoms. The Balaban J connectivity index is 1.62. The second-order valence-electron chi connectivity index (χ2n) is 6.59. The Kier molecular flexibility index (Phi) is 5.99. The Morgan fingerprint density at radius 2 is 1.93 bits per heavy atom. The van der Waals surface area contributed by atoms with Gasteiger partial charge in [-0.05, 0) is 50.1 Å². The third-order valence-electron chi connectivity index (χ3n) is 4.69. The fourth-order valence-electron chi connectivity index (χ4n) is 3.16. The Bertz CT molecular complexity index is 971. The topological polar surface area (TPSA) is 73.5 Å². The lowest BCUT2D eigenvalue weighted by atomic mass is 10.1. The number of esters is 1. The molecule has 2 aromatic heterocycles. The van der Waals surface area contributed by atoms with Crippen molar-refractivity contribution in [3.05, 3.63) is 77.0 Å². The van der Waals surface area contributed by atoms with Gasteiger partial charge in [-0.3, -0.25) is 4.79 Å². The molecule has 3 rings (SSSR count). The van der Waals surface area contributed by atoms with Crippen LogP contribution < -0.4 is 5.32 Å². The minimum Gasteiger partial charge on any atom is -0.467 e. The Morgan fingerprint density at radius 3 is 2.64 bits per heavy atom. The van der Waals surface area contributed by atoms with Crippen molar-refractivity contribution in [2.75, 3.05) is 11.9 Å². The molecule has 6 heteroatoms. The van der Waals surface area contributed by atoms with Crippen molar-refractivity contribution in [2.24, 2.45) is 0 Å². The van der Waals surface area contributed by atoms with Crippen LogP contribution in [0.2, 0.25) is 0 Å². The van der Waals surface area contributed by atoms with E-state index in [0.29, 0.717) is 12.1 Å². The summed E-state index contributed by atoms with van der Waals surface area (Å²) in [6, 6.07) is 13.0. The predicted octanol–water partition coefficient (Wildman–Crippen LogP) is 4.10. The van der Waals surface area contributed by atoms with Crippen molar-refractivity contribution in [1.82, 2.24) is 4.57 Å². The number of carbonyl (C=O) groups excluding carboxylic acids is 2. The van der Waals surface area contributed by atoms with Crippen LogP contribution in [0.5, 0.6) is 0 Å². The number of anilines is 1. The summed E-state index contributed by atoms with van der Waals surface area (Å²) < 4.78 is 12.6. The van der Waals surface area contributed by atoms with Gasteiger partial charge in [-0.1, -0.05) is 25.1 Å². The number of amides is 1. The number of nitrogens with one attached hydrogen (secondary N) is 1. The molecule has 3 aromatic rings. The SMILES string of the molecule is CCc1ccccc1NC(=O)COC(=O)c1cc(C)n(Cc2ccco2)c1C. The highest BCUT2D eigenvalue weighted by Gasteiger charge is 2.19. The number of rotatable bonds is 7. The van der Waals surface area contributed by atoms with Gasteiger partial charge < -0.3 is 19.0 Å². The zero-order valence-corrected chi connectivity index (χ0v) is 16.3. The number of hydrogen-bond donors (Lipinski definition) is 1. The van der Waals surface area contributed by atoms with Crippen LogP contribution in [0.4, 0.5) is 5.69 Å². The maximum absolute atomic E-state index is 12.5. The Labute approximate surface area is 164 Å². The molecule has 0 aliphatic carbocycles. The number of nitrogens with zero attached hydrogens (tertiary/aromatic N) is 1. The van der Waals surface area contributed by atoms with Crippen LogP contribution in [-0.2, 0) is 22.5 Å². The van der Waals surface area contributed by atoms with Crippen molar-refractivity contribution >= 4 is 17.6 Å². The molecule has 1 N–H and O–H groups in total. The molecule has 28 heavy (non-hydrogen) atoms. The third kappa shape index (κ3) is 4.34. The average molecular weight is 380 g/mol. The highest BCUT2D eigenvalue weighted by Crippen LogP contribution is 2.19. The Morgan fingerprint density at radius 1 is 1.14 bits per heavy atom. The highest BCUT2D eigenvalue weighted by atomic mass is 16.5. The van der Waals surface area contributed by atoms with E-state index in [4.69, 9.17) is 9.15 Å². The molecule has 0 saturated carbocycles. The summed E-state index contributed by atoms with van der Waals surface area (Å²) in [6.45, 7) is 5.99. The number of benzene rings is 1. The summed E-state index contributed by atoms with van der Waals surface area (Å²) >= 11 is 0. The normalized spacial score (nSPS) is 10.7. The molecule has 0 unspecified atom stereocenters. The molecule has 0 fully saturated rings. The monoisotopic (exact) mass is 380 g/mol. The molecule has 0 saturated heterocycles. The van der Waals surface area contributed by atoms with E-state index in [1.165, 1.54) is 0 Å². The van der Waals surface area contributed by atoms with Crippen LogP contribution in [0.1, 0.15) is 40.0 Å². The van der Waals surface area contributed by atoms with Crippen LogP contribution in [0.25, 0.3) is 0 Å². The first kappa shape index (κ1) is 19.5. The molecular formula is C22H24N2O4. The Hall–Kier alpha value is -3.28. The molecule has 0 atom stereocenters. The lowest BCUT2D eigenvalue weighted by molar-refractivity contribution is -0.119. The zero-order valence-electron chi connectivity index (χ0n) is 16.3. The molecule has 1 amide bonds. The smallest absolute Gasteiger partial charge is 0.340 e. The summed E-state index contributed by atoms with van der Waals surface area (Å²) in [5.41, 5.74) is 3.91. The van der Waals surface area contributed by atoms with Crippen LogP contribution in [0.15, 0.2) is 53.1 Å². The number of aryl methyl sites for hydroxylation is 2. The minimum atomic E-state index is -0.516. The van der Waals surface area contributed by atoms with E-state index in [1.807, 2.05) is 61.7 Å². The van der Waals surface area contributed by atoms with E-state index in [9.17, 15) is 9.59 Å². The summed E-state index contributed by atoms with van der Waals surface area (Å²) in [5, 5.41) is 2.80. The largest absolute Gasteiger partial charge is 0.467 e. The second-order valence-corrected chi connectivity index (χ2v) is 6.59. The lowest BCUT2D eigenvalue weighted by Gasteiger charge is -2.10. The van der Waals surface area contributed by atoms with Gasteiger partial charge in [-0.2, -0.15) is 0 Å². The number of furan rings is 1. The lowest BCUT2D eigenvalue weighted by Crippen LogP contribution is -2.21. The zero-order chi connectivity index (χ0) is 20.1. The molecule has 0 spiro atoms. The predicted molar refractivity (Wildman–Crippen MR) is 106 cm³/mol. The van der Waals surface area contributed by atoms with Crippen LogP contribution in [-0.4, -0.2) is 23.1 Å². The third-order valence-corrected chi connectivity index (χ3v) is 4.69. The van der Waals surface area contributed by atoms with Crippen LogP contribution in [0, 0.1) is 13.8 Å². The molecule has 0 aliphatic rings. The molecular weight excluding hydrogens is 356 g/mol. The molecule has 0 radical (unpaired) electrons. The van der Waals surface area contributed by atoms with E-state index in [1.54, 1.807) is 12.3 Å². The van der Waals surface area contributed by atoms with Gasteiger partial charge >= 0.3 is 5.97 Å². The van der Waals surface area contributed by atoms with Gasteiger partial charge in [0.2, 0.25) is 0 Å². The van der Waals surface area contributed by atoms with Crippen molar-refractivity contribution < 1.29 is 18.7 Å². The second kappa shape index (κ2) is 8.61. The molecule has 2 heterocycles. The van der Waals surface area contributed by atoms with Gasteiger partial charge in [-0.15, -0.1) is 0 Å². The van der Waals surface area contributed by atoms with Gasteiger partial charge in [0.15, 0.2) is 6.61 Å². The van der Waals surface area contributed by atoms with Gasteiger partial charge in [0.05, 0.1) is 18.4 Å². The quantitative estimate of drug-likeness (QED) is 0.626. The van der Waals surface area contributed by atoms with Crippen molar-refractivity contribution in [3.8, 4) is 0 Å². The number of para-hydroxylation sites is 1. The van der Waals surface area contributed by atoms with E-state index in [0.717, 1.165) is 34.8 Å². The first-order valence-corrected chi connectivity index (χ1v) is 9.23. The molecule has 6 nitrogen and oxygen atoms in total. The summed E-state index contributed by atoms with van der Waals surface area (Å²) in [5.74, 6) is -0.0768. The number of hydrogen-bond acceptors (Lipinski definition) is 4. The van der Waals surface area contributed by atoms with Crippen molar-refractivity contribution in [1.29, 1.82) is 0 Å². The van der Waals surface area contributed by atoms with Gasteiger partial charge in [0.1, 0.15) is 5.76 Å². The fraction of sp³-hybridized carbons (Fsp3) is 0.273. The van der Waals surface area contributed by atoms with Crippen LogP contribution >= 0.6 is 0 Å². The number of aromatic nitrogens is 1. The van der Waals surface area contributed by atoms with Gasteiger partial charge in [0, 0.05) is 17.1 Å². The van der Waals surface area contributed by atoms with Crippen LogP contribution in [0.3, 0.4) is 0 Å². The maximum Gasteiger partial charge on any atom is 0.340 e. The van der Waals surface area contributed by atoms with E-state index in [-0.39, 0.29) is 12.5 Å².